The molecule has 17 heavy (non-hydrogen) atoms. The van der Waals surface area contributed by atoms with Crippen LogP contribution in [0.25, 0.3) is 0 Å². The molecule has 1 aromatic rings. The van der Waals surface area contributed by atoms with Crippen LogP contribution in [-0.4, -0.2) is 47.4 Å². The molecule has 92 valence electrons. The van der Waals surface area contributed by atoms with E-state index in [1.54, 1.807) is 0 Å². The van der Waals surface area contributed by atoms with E-state index in [0.29, 0.717) is 30.4 Å². The summed E-state index contributed by atoms with van der Waals surface area (Å²) in [6.07, 6.45) is 1.52. The van der Waals surface area contributed by atoms with Gasteiger partial charge in [-0.2, -0.15) is 0 Å². The highest BCUT2D eigenvalue weighted by molar-refractivity contribution is 6.31. The molecule has 1 atom stereocenters. The molecule has 1 fully saturated rings. The van der Waals surface area contributed by atoms with Crippen molar-refractivity contribution in [1.82, 2.24) is 15.2 Å². The summed E-state index contributed by atoms with van der Waals surface area (Å²) in [6, 6.07) is 0.919. The van der Waals surface area contributed by atoms with Gasteiger partial charge in [0.2, 0.25) is 5.91 Å². The molecule has 1 saturated heterocycles. The van der Waals surface area contributed by atoms with E-state index in [9.17, 15) is 9.59 Å². The lowest BCUT2D eigenvalue weighted by molar-refractivity contribution is -0.122. The number of halogens is 1. The Kier molecular flexibility index (Phi) is 3.35. The van der Waals surface area contributed by atoms with Crippen LogP contribution >= 0.6 is 11.6 Å². The van der Waals surface area contributed by atoms with Crippen molar-refractivity contribution in [3.63, 3.8) is 0 Å². The van der Waals surface area contributed by atoms with E-state index in [1.807, 2.05) is 0 Å². The Labute approximate surface area is 103 Å². The van der Waals surface area contributed by atoms with Gasteiger partial charge in [-0.15, -0.1) is 0 Å². The molecule has 1 aromatic heterocycles. The van der Waals surface area contributed by atoms with Crippen molar-refractivity contribution in [3.8, 4) is 0 Å². The van der Waals surface area contributed by atoms with Crippen molar-refractivity contribution in [2.45, 2.75) is 6.04 Å². The highest BCUT2D eigenvalue weighted by atomic mass is 35.5. The smallest absolute Gasteiger partial charge is 0.271 e. The summed E-state index contributed by atoms with van der Waals surface area (Å²) in [5, 5.41) is 3.48. The van der Waals surface area contributed by atoms with Gasteiger partial charge in [0, 0.05) is 25.8 Å². The van der Waals surface area contributed by atoms with Gasteiger partial charge in [-0.25, -0.2) is 0 Å². The number of hydrogen-bond donors (Lipinski definition) is 3. The Hall–Kier alpha value is -1.53. The lowest BCUT2D eigenvalue weighted by atomic mass is 10.1. The van der Waals surface area contributed by atoms with Crippen molar-refractivity contribution >= 4 is 23.4 Å². The van der Waals surface area contributed by atoms with Crippen molar-refractivity contribution < 1.29 is 9.59 Å². The Morgan fingerprint density at radius 2 is 2.29 bits per heavy atom. The predicted octanol–water partition coefficient (Wildman–Crippen LogP) is -0.433. The maximum atomic E-state index is 12.1. The summed E-state index contributed by atoms with van der Waals surface area (Å²) < 4.78 is 0. The van der Waals surface area contributed by atoms with E-state index < -0.39 is 11.9 Å². The molecule has 0 aliphatic carbocycles. The van der Waals surface area contributed by atoms with Crippen molar-refractivity contribution in [2.24, 2.45) is 5.73 Å². The Morgan fingerprint density at radius 1 is 1.53 bits per heavy atom. The predicted molar refractivity (Wildman–Crippen MR) is 62.7 cm³/mol. The van der Waals surface area contributed by atoms with Crippen LogP contribution in [0.1, 0.15) is 10.5 Å². The van der Waals surface area contributed by atoms with Crippen LogP contribution in [0.2, 0.25) is 5.02 Å². The second kappa shape index (κ2) is 4.77. The molecule has 6 nitrogen and oxygen atoms in total. The maximum absolute atomic E-state index is 12.1. The number of carbonyl (C=O) groups is 2. The zero-order valence-electron chi connectivity index (χ0n) is 9.07. The molecule has 0 saturated carbocycles. The van der Waals surface area contributed by atoms with Crippen LogP contribution in [0, 0.1) is 0 Å². The number of aromatic amines is 1. The van der Waals surface area contributed by atoms with Crippen molar-refractivity contribution in [2.75, 3.05) is 19.6 Å². The van der Waals surface area contributed by atoms with E-state index >= 15 is 0 Å². The first-order chi connectivity index (χ1) is 8.09. The lowest BCUT2D eigenvalue weighted by Gasteiger charge is -2.33. The van der Waals surface area contributed by atoms with Gasteiger partial charge in [-0.05, 0) is 6.07 Å². The van der Waals surface area contributed by atoms with Gasteiger partial charge in [0.15, 0.2) is 0 Å². The zero-order valence-corrected chi connectivity index (χ0v) is 9.83. The first-order valence-corrected chi connectivity index (χ1v) is 5.62. The summed E-state index contributed by atoms with van der Waals surface area (Å²) in [5.74, 6) is -0.773. The molecule has 0 spiro atoms. The molecule has 2 heterocycles. The monoisotopic (exact) mass is 256 g/mol. The second-order valence-electron chi connectivity index (χ2n) is 3.85. The quantitative estimate of drug-likeness (QED) is 0.670. The van der Waals surface area contributed by atoms with Crippen LogP contribution in [0.5, 0.6) is 0 Å². The van der Waals surface area contributed by atoms with Crippen LogP contribution < -0.4 is 11.1 Å². The summed E-state index contributed by atoms with van der Waals surface area (Å²) in [6.45, 7) is 1.47. The van der Waals surface area contributed by atoms with Gasteiger partial charge in [-0.1, -0.05) is 11.6 Å². The first kappa shape index (κ1) is 11.9. The number of rotatable bonds is 2. The largest absolute Gasteiger partial charge is 0.368 e. The van der Waals surface area contributed by atoms with E-state index in [-0.39, 0.29) is 5.91 Å². The maximum Gasteiger partial charge on any atom is 0.271 e. The van der Waals surface area contributed by atoms with E-state index in [2.05, 4.69) is 10.3 Å². The summed E-state index contributed by atoms with van der Waals surface area (Å²) in [7, 11) is 0. The molecule has 4 N–H and O–H groups in total. The van der Waals surface area contributed by atoms with Crippen molar-refractivity contribution in [1.29, 1.82) is 0 Å². The van der Waals surface area contributed by atoms with Crippen LogP contribution in [0.4, 0.5) is 0 Å². The molecule has 0 radical (unpaired) electrons. The van der Waals surface area contributed by atoms with Gasteiger partial charge in [0.05, 0.1) is 5.02 Å². The van der Waals surface area contributed by atoms with E-state index in [1.165, 1.54) is 17.2 Å². The number of nitrogens with one attached hydrogen (secondary N) is 2. The fourth-order valence-electron chi connectivity index (χ4n) is 1.85. The Balaban J connectivity index is 2.19. The average Bonchev–Trinajstić information content (AvgIpc) is 2.75. The third-order valence-corrected chi connectivity index (χ3v) is 2.93. The molecular formula is C10H13ClN4O2. The Bertz CT molecular complexity index is 445. The summed E-state index contributed by atoms with van der Waals surface area (Å²) >= 11 is 5.74. The highest BCUT2D eigenvalue weighted by Gasteiger charge is 2.31. The molecular weight excluding hydrogens is 244 g/mol. The molecule has 0 bridgehead atoms. The van der Waals surface area contributed by atoms with Gasteiger partial charge < -0.3 is 20.9 Å². The molecule has 0 aromatic carbocycles. The fraction of sp³-hybridized carbons (Fsp3) is 0.400. The lowest BCUT2D eigenvalue weighted by Crippen LogP contribution is -2.58. The number of nitrogens with two attached hydrogens (primary N) is 1. The van der Waals surface area contributed by atoms with E-state index in [0.717, 1.165) is 0 Å². The number of hydrogen-bond acceptors (Lipinski definition) is 3. The van der Waals surface area contributed by atoms with Crippen molar-refractivity contribution in [3.05, 3.63) is 23.0 Å². The second-order valence-corrected chi connectivity index (χ2v) is 4.29. The number of piperazine rings is 1. The van der Waals surface area contributed by atoms with Gasteiger partial charge in [0.25, 0.3) is 5.91 Å². The summed E-state index contributed by atoms with van der Waals surface area (Å²) in [4.78, 5) is 27.6. The van der Waals surface area contributed by atoms with Gasteiger partial charge in [-0.3, -0.25) is 9.59 Å². The molecule has 1 aliphatic heterocycles. The third-order valence-electron chi connectivity index (χ3n) is 2.71. The molecule has 2 rings (SSSR count). The first-order valence-electron chi connectivity index (χ1n) is 5.24. The Morgan fingerprint density at radius 3 is 2.88 bits per heavy atom. The molecule has 1 unspecified atom stereocenters. The molecule has 7 heteroatoms. The molecule has 2 amide bonds. The number of primary amides is 1. The number of amides is 2. The topological polar surface area (TPSA) is 91.2 Å². The van der Waals surface area contributed by atoms with Gasteiger partial charge >= 0.3 is 0 Å². The highest BCUT2D eigenvalue weighted by Crippen LogP contribution is 2.14. The van der Waals surface area contributed by atoms with Gasteiger partial charge in [0.1, 0.15) is 11.7 Å². The summed E-state index contributed by atoms with van der Waals surface area (Å²) in [5.41, 5.74) is 5.63. The minimum atomic E-state index is -0.613. The number of carbonyl (C=O) groups excluding carboxylic acids is 2. The minimum Gasteiger partial charge on any atom is -0.368 e. The van der Waals surface area contributed by atoms with Crippen LogP contribution in [-0.2, 0) is 4.79 Å². The molecule has 1 aliphatic rings. The standard InChI is InChI=1S/C10H13ClN4O2/c11-6-3-7(14-4-6)10(17)15-2-1-13-5-8(15)9(12)16/h3-4,8,13-14H,1-2,5H2,(H2,12,16). The fourth-order valence-corrected chi connectivity index (χ4v) is 2.01. The zero-order chi connectivity index (χ0) is 12.4. The van der Waals surface area contributed by atoms with E-state index in [4.69, 9.17) is 17.3 Å². The number of nitrogens with zero attached hydrogens (tertiary/aromatic N) is 1. The van der Waals surface area contributed by atoms with Crippen LogP contribution in [0.3, 0.4) is 0 Å². The third kappa shape index (κ3) is 2.42. The van der Waals surface area contributed by atoms with Crippen LogP contribution in [0.15, 0.2) is 12.3 Å². The minimum absolute atomic E-state index is 0.262. The number of H-pyrrole nitrogens is 1. The SMILES string of the molecule is NC(=O)C1CNCCN1C(=O)c1cc(Cl)c[nH]1. The normalized spacial score (nSPS) is 20.3. The number of aromatic nitrogens is 1. The average molecular weight is 257 g/mol.